The van der Waals surface area contributed by atoms with E-state index in [9.17, 15) is 9.90 Å². The number of aliphatic hydroxyl groups is 1. The minimum Gasteiger partial charge on any atom is -0.392 e. The summed E-state index contributed by atoms with van der Waals surface area (Å²) in [5.74, 6) is -0.0779. The van der Waals surface area contributed by atoms with Crippen molar-refractivity contribution in [3.05, 3.63) is 0 Å². The highest BCUT2D eigenvalue weighted by molar-refractivity contribution is 7.80. The molecular weight excluding hydrogens is 260 g/mol. The van der Waals surface area contributed by atoms with Crippen LogP contribution in [-0.4, -0.2) is 40.1 Å². The number of nitrogens with zero attached hydrogens (tertiary/aromatic N) is 1. The molecular formula is C14H28N2O2S. The van der Waals surface area contributed by atoms with Crippen molar-refractivity contribution < 1.29 is 9.90 Å². The van der Waals surface area contributed by atoms with Gasteiger partial charge in [0.15, 0.2) is 0 Å². The van der Waals surface area contributed by atoms with Gasteiger partial charge in [0.1, 0.15) is 0 Å². The van der Waals surface area contributed by atoms with Crippen LogP contribution in [-0.2, 0) is 4.79 Å². The molecule has 0 aromatic carbocycles. The highest BCUT2D eigenvalue weighted by Gasteiger charge is 2.42. The van der Waals surface area contributed by atoms with E-state index in [4.69, 9.17) is 18.0 Å². The summed E-state index contributed by atoms with van der Waals surface area (Å²) in [4.78, 5) is 14.5. The maximum absolute atomic E-state index is 12.7. The van der Waals surface area contributed by atoms with E-state index < -0.39 is 11.0 Å². The van der Waals surface area contributed by atoms with E-state index >= 15 is 0 Å². The summed E-state index contributed by atoms with van der Waals surface area (Å²) >= 11 is 5.16. The fraction of sp³-hybridized carbons (Fsp3) is 0.857. The number of carbonyl (C=O) groups excluding carboxylic acids is 1. The maximum atomic E-state index is 12.7. The Morgan fingerprint density at radius 1 is 1.26 bits per heavy atom. The third kappa shape index (κ3) is 5.07. The second-order valence-corrected chi connectivity index (χ2v) is 6.36. The number of nitrogens with two attached hydrogens (primary N) is 1. The molecule has 0 heterocycles. The number of amides is 1. The molecule has 0 aromatic rings. The molecule has 0 spiro atoms. The van der Waals surface area contributed by atoms with Gasteiger partial charge in [0.25, 0.3) is 0 Å². The molecule has 0 atom stereocenters. The fourth-order valence-corrected chi connectivity index (χ4v) is 2.85. The van der Waals surface area contributed by atoms with Gasteiger partial charge in [0, 0.05) is 13.6 Å². The minimum atomic E-state index is -0.926. The van der Waals surface area contributed by atoms with Crippen LogP contribution in [0.2, 0.25) is 0 Å². The lowest BCUT2D eigenvalue weighted by Gasteiger charge is -2.36. The first-order valence-corrected chi connectivity index (χ1v) is 7.29. The van der Waals surface area contributed by atoms with Crippen LogP contribution in [0.4, 0.5) is 0 Å². The van der Waals surface area contributed by atoms with Gasteiger partial charge in [-0.3, -0.25) is 4.79 Å². The second kappa shape index (κ2) is 7.20. The fourth-order valence-electron chi connectivity index (χ4n) is 2.56. The Hall–Kier alpha value is -0.680. The van der Waals surface area contributed by atoms with Crippen molar-refractivity contribution in [2.75, 3.05) is 13.6 Å². The molecule has 5 heteroatoms. The van der Waals surface area contributed by atoms with Crippen LogP contribution in [0.15, 0.2) is 0 Å². The van der Waals surface area contributed by atoms with Gasteiger partial charge in [-0.05, 0) is 26.7 Å². The zero-order chi connectivity index (χ0) is 15.3. The standard InChI is InChI=1S/C14H28N2O2S/c1-6-8-14(9-7-2,11(15)19)12(17)16(5)10-13(3,4)18/h18H,6-10H2,1-5H3,(H2,15,19). The molecule has 0 aliphatic rings. The first-order chi connectivity index (χ1) is 8.60. The normalized spacial score (nSPS) is 12.3. The van der Waals surface area contributed by atoms with E-state index in [1.165, 1.54) is 0 Å². The maximum Gasteiger partial charge on any atom is 0.235 e. The van der Waals surface area contributed by atoms with E-state index in [1.807, 2.05) is 13.8 Å². The van der Waals surface area contributed by atoms with E-state index in [1.54, 1.807) is 25.8 Å². The molecule has 0 rings (SSSR count). The number of hydrogen-bond acceptors (Lipinski definition) is 3. The van der Waals surface area contributed by atoms with E-state index in [-0.39, 0.29) is 17.4 Å². The molecule has 112 valence electrons. The van der Waals surface area contributed by atoms with Crippen molar-refractivity contribution in [1.29, 1.82) is 0 Å². The Balaban J connectivity index is 5.24. The average molecular weight is 288 g/mol. The summed E-state index contributed by atoms with van der Waals surface area (Å²) in [6.45, 7) is 7.67. The molecule has 0 bridgehead atoms. The molecule has 3 N–H and O–H groups in total. The minimum absolute atomic E-state index is 0.0779. The highest BCUT2D eigenvalue weighted by atomic mass is 32.1. The van der Waals surface area contributed by atoms with Gasteiger partial charge in [0.05, 0.1) is 16.0 Å². The highest BCUT2D eigenvalue weighted by Crippen LogP contribution is 2.33. The largest absolute Gasteiger partial charge is 0.392 e. The van der Waals surface area contributed by atoms with Gasteiger partial charge >= 0.3 is 0 Å². The van der Waals surface area contributed by atoms with Crippen molar-refractivity contribution in [1.82, 2.24) is 4.90 Å². The van der Waals surface area contributed by atoms with Crippen LogP contribution in [0.25, 0.3) is 0 Å². The SMILES string of the molecule is CCCC(CCC)(C(=O)N(C)CC(C)(C)O)C(N)=S. The van der Waals surface area contributed by atoms with Crippen molar-refractivity contribution in [2.24, 2.45) is 11.1 Å². The van der Waals surface area contributed by atoms with Crippen LogP contribution >= 0.6 is 12.2 Å². The molecule has 0 fully saturated rings. The molecule has 0 radical (unpaired) electrons. The number of rotatable bonds is 8. The lowest BCUT2D eigenvalue weighted by Crippen LogP contribution is -2.52. The predicted molar refractivity (Wildman–Crippen MR) is 83.0 cm³/mol. The Morgan fingerprint density at radius 3 is 1.95 bits per heavy atom. The van der Waals surface area contributed by atoms with Gasteiger partial charge in [0.2, 0.25) is 5.91 Å². The first kappa shape index (κ1) is 18.3. The Morgan fingerprint density at radius 2 is 1.68 bits per heavy atom. The van der Waals surface area contributed by atoms with Gasteiger partial charge in [-0.2, -0.15) is 0 Å². The molecule has 1 amide bonds. The van der Waals surface area contributed by atoms with Crippen molar-refractivity contribution in [3.63, 3.8) is 0 Å². The molecule has 0 aliphatic heterocycles. The van der Waals surface area contributed by atoms with E-state index in [0.717, 1.165) is 12.8 Å². The topological polar surface area (TPSA) is 66.6 Å². The summed E-state index contributed by atoms with van der Waals surface area (Å²) in [7, 11) is 1.69. The monoisotopic (exact) mass is 288 g/mol. The lowest BCUT2D eigenvalue weighted by atomic mass is 9.77. The molecule has 0 aromatic heterocycles. The van der Waals surface area contributed by atoms with Crippen molar-refractivity contribution in [3.8, 4) is 0 Å². The number of thiocarbonyl (C=S) groups is 1. The van der Waals surface area contributed by atoms with E-state index in [2.05, 4.69) is 0 Å². The van der Waals surface area contributed by atoms with Crippen molar-refractivity contribution in [2.45, 2.75) is 59.0 Å². The first-order valence-electron chi connectivity index (χ1n) is 6.88. The zero-order valence-electron chi connectivity index (χ0n) is 12.8. The van der Waals surface area contributed by atoms with Gasteiger partial charge < -0.3 is 15.7 Å². The smallest absolute Gasteiger partial charge is 0.235 e. The van der Waals surface area contributed by atoms with Crippen LogP contribution in [0.1, 0.15) is 53.4 Å². The summed E-state index contributed by atoms with van der Waals surface area (Å²) in [5, 5.41) is 9.84. The quantitative estimate of drug-likeness (QED) is 0.671. The summed E-state index contributed by atoms with van der Waals surface area (Å²) in [6.07, 6.45) is 3.01. The Bertz CT molecular complexity index is 318. The summed E-state index contributed by atoms with van der Waals surface area (Å²) in [5.41, 5.74) is 4.18. The van der Waals surface area contributed by atoms with Crippen LogP contribution in [0.5, 0.6) is 0 Å². The Labute approximate surface area is 122 Å². The molecule has 19 heavy (non-hydrogen) atoms. The average Bonchev–Trinajstić information content (AvgIpc) is 2.24. The molecule has 4 nitrogen and oxygen atoms in total. The van der Waals surface area contributed by atoms with Crippen LogP contribution in [0.3, 0.4) is 0 Å². The third-order valence-electron chi connectivity index (χ3n) is 3.21. The van der Waals surface area contributed by atoms with Gasteiger partial charge in [-0.15, -0.1) is 0 Å². The Kier molecular flexibility index (Phi) is 6.94. The van der Waals surface area contributed by atoms with E-state index in [0.29, 0.717) is 12.8 Å². The van der Waals surface area contributed by atoms with Crippen LogP contribution in [0, 0.1) is 5.41 Å². The van der Waals surface area contributed by atoms with Gasteiger partial charge in [-0.1, -0.05) is 38.9 Å². The summed E-state index contributed by atoms with van der Waals surface area (Å²) in [6, 6.07) is 0. The van der Waals surface area contributed by atoms with Gasteiger partial charge in [-0.25, -0.2) is 0 Å². The lowest BCUT2D eigenvalue weighted by molar-refractivity contribution is -0.140. The molecule has 0 saturated heterocycles. The van der Waals surface area contributed by atoms with Crippen molar-refractivity contribution >= 4 is 23.1 Å². The number of likely N-dealkylation sites (N-methyl/N-ethyl adjacent to an activating group) is 1. The third-order valence-corrected chi connectivity index (χ3v) is 3.60. The molecule has 0 unspecified atom stereocenters. The zero-order valence-corrected chi connectivity index (χ0v) is 13.6. The van der Waals surface area contributed by atoms with Crippen LogP contribution < -0.4 is 5.73 Å². The molecule has 0 saturated carbocycles. The molecule has 0 aliphatic carbocycles. The number of hydrogen-bond donors (Lipinski definition) is 2. The predicted octanol–water partition coefficient (Wildman–Crippen LogP) is 2.09. The summed E-state index contributed by atoms with van der Waals surface area (Å²) < 4.78 is 0. The number of carbonyl (C=O) groups is 1. The second-order valence-electron chi connectivity index (χ2n) is 5.92.